The van der Waals surface area contributed by atoms with Crippen LogP contribution in [0.4, 0.5) is 8.78 Å². The first-order chi connectivity index (χ1) is 8.13. The lowest BCUT2D eigenvalue weighted by Gasteiger charge is -2.27. The summed E-state index contributed by atoms with van der Waals surface area (Å²) in [5.74, 6) is -2.79. The Morgan fingerprint density at radius 2 is 1.88 bits per heavy atom. The van der Waals surface area contributed by atoms with Crippen LogP contribution in [0.2, 0.25) is 0 Å². The second-order valence-corrected chi connectivity index (χ2v) is 4.56. The lowest BCUT2D eigenvalue weighted by atomic mass is 10.1. The molecule has 1 aromatic rings. The molecule has 0 radical (unpaired) electrons. The third-order valence-corrected chi connectivity index (χ3v) is 3.08. The van der Waals surface area contributed by atoms with E-state index in [9.17, 15) is 8.78 Å². The van der Waals surface area contributed by atoms with Gasteiger partial charge in [-0.3, -0.25) is 4.90 Å². The first-order valence-electron chi connectivity index (χ1n) is 6.01. The van der Waals surface area contributed by atoms with Gasteiger partial charge in [-0.2, -0.15) is 8.78 Å². The highest BCUT2D eigenvalue weighted by Gasteiger charge is 2.38. The van der Waals surface area contributed by atoms with Crippen molar-refractivity contribution in [3.05, 3.63) is 35.9 Å². The van der Waals surface area contributed by atoms with Crippen LogP contribution < -0.4 is 5.73 Å². The van der Waals surface area contributed by atoms with Crippen LogP contribution in [0.5, 0.6) is 0 Å². The van der Waals surface area contributed by atoms with E-state index in [1.54, 1.807) is 18.2 Å². The van der Waals surface area contributed by atoms with Gasteiger partial charge in [0.1, 0.15) is 0 Å². The normalized spacial score (nSPS) is 16.5. The van der Waals surface area contributed by atoms with Gasteiger partial charge < -0.3 is 5.73 Å². The molecule has 0 amide bonds. The summed E-state index contributed by atoms with van der Waals surface area (Å²) in [5.41, 5.74) is 5.55. The number of hydrogen-bond acceptors (Lipinski definition) is 2. The zero-order chi connectivity index (χ0) is 12.3. The summed E-state index contributed by atoms with van der Waals surface area (Å²) in [6, 6.07) is 8.31. The number of nitrogens with zero attached hydrogens (tertiary/aromatic N) is 1. The van der Waals surface area contributed by atoms with E-state index in [-0.39, 0.29) is 12.1 Å². The van der Waals surface area contributed by atoms with Gasteiger partial charge in [-0.25, -0.2) is 0 Å². The molecule has 94 valence electrons. The summed E-state index contributed by atoms with van der Waals surface area (Å²) < 4.78 is 28.1. The maximum atomic E-state index is 14.0. The number of rotatable bonds is 6. The van der Waals surface area contributed by atoms with Gasteiger partial charge in [0.25, 0.3) is 5.92 Å². The average Bonchev–Trinajstić information content (AvgIpc) is 3.13. The molecule has 1 fully saturated rings. The molecule has 0 bridgehead atoms. The second kappa shape index (κ2) is 5.10. The lowest BCUT2D eigenvalue weighted by molar-refractivity contribution is -0.0393. The Kier molecular flexibility index (Phi) is 3.74. The maximum absolute atomic E-state index is 14.0. The Labute approximate surface area is 100 Å². The summed E-state index contributed by atoms with van der Waals surface area (Å²) in [6.45, 7) is 0.757. The van der Waals surface area contributed by atoms with Crippen LogP contribution in [-0.4, -0.2) is 30.6 Å². The Balaban J connectivity index is 2.04. The number of benzene rings is 1. The standard InChI is InChI=1S/C13H18F2N2/c14-13(15,11-4-2-1-3-5-11)10-17(9-8-16)12-6-7-12/h1-5,12H,6-10,16H2. The third-order valence-electron chi connectivity index (χ3n) is 3.08. The highest BCUT2D eigenvalue weighted by Crippen LogP contribution is 2.33. The van der Waals surface area contributed by atoms with Gasteiger partial charge in [0.05, 0.1) is 6.54 Å². The van der Waals surface area contributed by atoms with Gasteiger partial charge in [-0.05, 0) is 12.8 Å². The second-order valence-electron chi connectivity index (χ2n) is 4.56. The molecule has 1 aliphatic rings. The molecular weight excluding hydrogens is 222 g/mol. The zero-order valence-corrected chi connectivity index (χ0v) is 9.78. The summed E-state index contributed by atoms with van der Waals surface area (Å²) in [5, 5.41) is 0. The Hall–Kier alpha value is -1.00. The van der Waals surface area contributed by atoms with Crippen molar-refractivity contribution in [1.29, 1.82) is 0 Å². The van der Waals surface area contributed by atoms with Crippen LogP contribution >= 0.6 is 0 Å². The topological polar surface area (TPSA) is 29.3 Å². The van der Waals surface area contributed by atoms with E-state index in [1.807, 2.05) is 4.90 Å². The van der Waals surface area contributed by atoms with Crippen molar-refractivity contribution in [2.24, 2.45) is 5.73 Å². The minimum atomic E-state index is -2.79. The van der Waals surface area contributed by atoms with E-state index in [1.165, 1.54) is 12.1 Å². The molecule has 17 heavy (non-hydrogen) atoms. The minimum Gasteiger partial charge on any atom is -0.329 e. The van der Waals surface area contributed by atoms with Gasteiger partial charge >= 0.3 is 0 Å². The molecule has 1 aromatic carbocycles. The summed E-state index contributed by atoms with van der Waals surface area (Å²) in [7, 11) is 0. The summed E-state index contributed by atoms with van der Waals surface area (Å²) >= 11 is 0. The Morgan fingerprint density at radius 3 is 2.41 bits per heavy atom. The van der Waals surface area contributed by atoms with Crippen molar-refractivity contribution in [3.8, 4) is 0 Å². The average molecular weight is 240 g/mol. The van der Waals surface area contributed by atoms with Crippen molar-refractivity contribution >= 4 is 0 Å². The fourth-order valence-electron chi connectivity index (χ4n) is 2.02. The molecule has 0 heterocycles. The van der Waals surface area contributed by atoms with Crippen molar-refractivity contribution in [2.45, 2.75) is 24.8 Å². The third kappa shape index (κ3) is 3.23. The first-order valence-corrected chi connectivity index (χ1v) is 6.01. The van der Waals surface area contributed by atoms with Crippen molar-refractivity contribution < 1.29 is 8.78 Å². The van der Waals surface area contributed by atoms with Crippen molar-refractivity contribution in [2.75, 3.05) is 19.6 Å². The van der Waals surface area contributed by atoms with Gasteiger partial charge in [-0.1, -0.05) is 30.3 Å². The summed E-state index contributed by atoms with van der Waals surface area (Å²) in [6.07, 6.45) is 2.04. The van der Waals surface area contributed by atoms with Crippen molar-refractivity contribution in [1.82, 2.24) is 4.90 Å². The minimum absolute atomic E-state index is 0.0858. The molecule has 0 aromatic heterocycles. The van der Waals surface area contributed by atoms with Crippen LogP contribution in [0.1, 0.15) is 18.4 Å². The largest absolute Gasteiger partial charge is 0.329 e. The molecule has 0 unspecified atom stereocenters. The molecule has 0 atom stereocenters. The molecule has 4 heteroatoms. The number of alkyl halides is 2. The number of nitrogens with two attached hydrogens (primary N) is 1. The molecule has 0 spiro atoms. The van der Waals surface area contributed by atoms with E-state index in [2.05, 4.69) is 0 Å². The predicted molar refractivity (Wildman–Crippen MR) is 64.0 cm³/mol. The summed E-state index contributed by atoms with van der Waals surface area (Å²) in [4.78, 5) is 1.81. The molecule has 1 aliphatic carbocycles. The Morgan fingerprint density at radius 1 is 1.24 bits per heavy atom. The molecule has 2 N–H and O–H groups in total. The van der Waals surface area contributed by atoms with E-state index in [4.69, 9.17) is 5.73 Å². The van der Waals surface area contributed by atoms with Crippen LogP contribution in [0, 0.1) is 0 Å². The fourth-order valence-corrected chi connectivity index (χ4v) is 2.02. The smallest absolute Gasteiger partial charge is 0.285 e. The van der Waals surface area contributed by atoms with Gasteiger partial charge in [-0.15, -0.1) is 0 Å². The SMILES string of the molecule is NCCN(CC(F)(F)c1ccccc1)C1CC1. The van der Waals surface area contributed by atoms with Crippen LogP contribution in [-0.2, 0) is 5.92 Å². The first kappa shape index (κ1) is 12.5. The Bertz CT molecular complexity index is 350. The van der Waals surface area contributed by atoms with Crippen LogP contribution in [0.15, 0.2) is 30.3 Å². The van der Waals surface area contributed by atoms with Crippen molar-refractivity contribution in [3.63, 3.8) is 0 Å². The highest BCUT2D eigenvalue weighted by atomic mass is 19.3. The molecule has 0 saturated heterocycles. The predicted octanol–water partition coefficient (Wildman–Crippen LogP) is 2.20. The molecule has 2 rings (SSSR count). The maximum Gasteiger partial charge on any atom is 0.285 e. The van der Waals surface area contributed by atoms with E-state index >= 15 is 0 Å². The quantitative estimate of drug-likeness (QED) is 0.826. The molecule has 2 nitrogen and oxygen atoms in total. The monoisotopic (exact) mass is 240 g/mol. The van der Waals surface area contributed by atoms with E-state index < -0.39 is 5.92 Å². The number of halogens is 2. The number of hydrogen-bond donors (Lipinski definition) is 1. The highest BCUT2D eigenvalue weighted by molar-refractivity contribution is 5.20. The van der Waals surface area contributed by atoms with Gasteiger partial charge in [0.2, 0.25) is 0 Å². The van der Waals surface area contributed by atoms with E-state index in [0.717, 1.165) is 12.8 Å². The van der Waals surface area contributed by atoms with Gasteiger partial charge in [0, 0.05) is 24.7 Å². The van der Waals surface area contributed by atoms with Crippen LogP contribution in [0.25, 0.3) is 0 Å². The van der Waals surface area contributed by atoms with Gasteiger partial charge in [0.15, 0.2) is 0 Å². The van der Waals surface area contributed by atoms with Crippen LogP contribution in [0.3, 0.4) is 0 Å². The lowest BCUT2D eigenvalue weighted by Crippen LogP contribution is -2.39. The van der Waals surface area contributed by atoms with E-state index in [0.29, 0.717) is 19.1 Å². The fraction of sp³-hybridized carbons (Fsp3) is 0.538. The molecule has 0 aliphatic heterocycles. The zero-order valence-electron chi connectivity index (χ0n) is 9.78. The molecular formula is C13H18F2N2. The molecule has 1 saturated carbocycles.